The predicted octanol–water partition coefficient (Wildman–Crippen LogP) is 26.2. The number of alkyl halides is 15. The highest BCUT2D eigenvalue weighted by Gasteiger charge is 2.38. The summed E-state index contributed by atoms with van der Waals surface area (Å²) in [5.74, 6) is 1.56. The lowest BCUT2D eigenvalue weighted by molar-refractivity contribution is -0.138. The first kappa shape index (κ1) is 85.5. The van der Waals surface area contributed by atoms with Gasteiger partial charge in [0.15, 0.2) is 5.82 Å². The number of amides is 1. The van der Waals surface area contributed by atoms with Gasteiger partial charge in [0.05, 0.1) is 39.2 Å². The molecule has 1 amide bonds. The molecule has 5 N–H and O–H groups in total. The van der Waals surface area contributed by atoms with Crippen LogP contribution in [-0.4, -0.2) is 238 Å². The normalized spacial score (nSPS) is 16.2. The van der Waals surface area contributed by atoms with Crippen molar-refractivity contribution in [1.29, 1.82) is 5.41 Å². The van der Waals surface area contributed by atoms with Crippen molar-refractivity contribution in [2.24, 2.45) is 4.99 Å². The smallest absolute Gasteiger partial charge is 0.415 e. The molecule has 5 fully saturated rings. The minimum absolute atomic E-state index is 0. The number of nitrogens with one attached hydrogen (secondary N) is 3. The molecule has 16 rings (SSSR count). The zero-order valence-electron chi connectivity index (χ0n) is 113. The van der Waals surface area contributed by atoms with Crippen LogP contribution in [0.5, 0.6) is 11.5 Å². The number of nitrogens with two attached hydrogens (primary N) is 1. The van der Waals surface area contributed by atoms with Gasteiger partial charge in [0.1, 0.15) is 61.9 Å². The number of nitrogens with zero attached hydrogens (tertiary/aromatic N) is 15. The maximum Gasteiger partial charge on any atom is 0.418 e. The van der Waals surface area contributed by atoms with Gasteiger partial charge in [0.2, 0.25) is 0 Å². The fourth-order valence-electron chi connectivity index (χ4n) is 13.3. The second kappa shape index (κ2) is 53.5. The molecule has 23 nitrogen and oxygen atoms in total. The Morgan fingerprint density at radius 1 is 0.377 bits per heavy atom. The third kappa shape index (κ3) is 38.2. The van der Waals surface area contributed by atoms with E-state index < -0.39 is 70.2 Å². The van der Waals surface area contributed by atoms with Crippen molar-refractivity contribution < 1.29 is 143 Å². The number of aromatic nitrogens is 5. The van der Waals surface area contributed by atoms with Crippen molar-refractivity contribution in [3.63, 3.8) is 0 Å². The average Bonchev–Trinajstić information content (AvgIpc) is 0.795. The van der Waals surface area contributed by atoms with Gasteiger partial charge in [0.25, 0.3) is 0 Å². The number of pyridine rings is 5. The van der Waals surface area contributed by atoms with E-state index in [0.29, 0.717) is 99.1 Å². The van der Waals surface area contributed by atoms with Crippen molar-refractivity contribution in [1.82, 2.24) is 54.7 Å². The van der Waals surface area contributed by atoms with E-state index in [1.807, 2.05) is 170 Å². The first-order valence-electron chi connectivity index (χ1n) is 61.6. The molecule has 0 spiro atoms. The molecule has 6 aromatic carbocycles. The number of carbonyl (C=O) groups excluding carboxylic acids is 2. The van der Waals surface area contributed by atoms with Crippen LogP contribution in [0.25, 0.3) is 0 Å². The Kier molecular flexibility index (Phi) is 33.1. The van der Waals surface area contributed by atoms with Gasteiger partial charge in [-0.15, -0.1) is 12.4 Å². The van der Waals surface area contributed by atoms with E-state index in [-0.39, 0.29) is 58.3 Å². The van der Waals surface area contributed by atoms with E-state index in [1.165, 1.54) is 13.1 Å². The predicted molar refractivity (Wildman–Crippen MR) is 556 cm³/mol. The highest BCUT2D eigenvalue weighted by atomic mass is 35.5. The molecule has 43 heteroatoms. The quantitative estimate of drug-likeness (QED) is 0.0385. The summed E-state index contributed by atoms with van der Waals surface area (Å²) in [6.45, 7) is 15.9. The summed E-state index contributed by atoms with van der Waals surface area (Å²) < 4.78 is 392. The van der Waals surface area contributed by atoms with Crippen molar-refractivity contribution in [2.45, 2.75) is 30.9 Å². The lowest BCUT2D eigenvalue weighted by Crippen LogP contribution is -2.45. The molecule has 5 aromatic heterocycles. The second-order valence-corrected chi connectivity index (χ2v) is 32.8. The number of benzene rings is 6. The summed E-state index contributed by atoms with van der Waals surface area (Å²) in [5, 5.41) is 12.9. The Morgan fingerprint density at radius 2 is 0.659 bits per heavy atom. The summed E-state index contributed by atoms with van der Waals surface area (Å²) >= 11 is 21.1. The first-order valence-corrected chi connectivity index (χ1v) is 44.1. The molecule has 11 aromatic rings. The zero-order chi connectivity index (χ0) is 138. The summed E-state index contributed by atoms with van der Waals surface area (Å²) in [7, 11) is 10.1. The van der Waals surface area contributed by atoms with Crippen LogP contribution in [0.1, 0.15) is 108 Å². The number of piperazine rings is 5. The van der Waals surface area contributed by atoms with Crippen LogP contribution >= 0.6 is 58.8 Å². The maximum absolute atomic E-state index is 13.7. The standard InChI is InChI=1S/C24H23F3N4.C18H19F3N4O2.C13H11N.C11H13ClF3N3.C11H15F3N4.C7H5ClO2.C6H2Cl2F3N.C5H12N2.ClH.20H2/c1-30-12-14-31(15-13-30)22-17-20(24(25,26)27)16-21(28-22)29-23(18-8-4-2-5-9-18)19-10-6-3-7-11-19;1-24-7-9-25(10-8-24)16-12-13(18(19,20)21)11-15(22-16)23-17(26)27-14-5-3-2-4-6-14;14-13(11-7-3-1-4-8-11)12-9-5-2-6-10-12;1-17-2-4-18(5-3-17)10-7-8(11(13,14)15)6-9(12)16-10;1-17-2-4-18(5-3-17)10-7-8(11(12,13)14)6-9(15)16-10;8-7(9)10-6-4-2-1-3-5-6;7-4-1-3(6(9,10)11)2-5(8)12-4;1-7-4-2-6-3-5-7;;;;;;;;;;;;;;;;;;;;;/h2-11,16-17H,12-15H2,1H3;2-6,11-12H,7-10H2,1H3,(H,22,23,26);1-10,14H;6-7H,2-5H2,1H3;6-7H,2-5H2,1H3,(H2,15,16);1-5H;1-2H;6H,2-5H2,1H3;21*1H/i;;;;;;;;;19*1+1D;1+1. The molecule has 0 aliphatic carbocycles. The number of aliphatic imine (C=N–C) groups is 1. The van der Waals surface area contributed by atoms with Crippen molar-refractivity contribution >= 4 is 122 Å². The van der Waals surface area contributed by atoms with Crippen LogP contribution in [0.15, 0.2) is 248 Å². The summed E-state index contributed by atoms with van der Waals surface area (Å²) in [6, 6.07) is 64.5. The van der Waals surface area contributed by atoms with Crippen molar-refractivity contribution in [3.8, 4) is 11.5 Å². The van der Waals surface area contributed by atoms with Gasteiger partial charge >= 0.3 is 42.4 Å². The van der Waals surface area contributed by atoms with E-state index in [1.54, 1.807) is 59.5 Å². The van der Waals surface area contributed by atoms with Crippen molar-refractivity contribution in [3.05, 3.63) is 308 Å². The number of halogens is 20. The Balaban J connectivity index is -0.000000155. The maximum atomic E-state index is 13.7. The minimum atomic E-state index is -4.55. The van der Waals surface area contributed by atoms with Gasteiger partial charge in [-0.25, -0.2) is 39.5 Å². The zero-order valence-corrected chi connectivity index (χ0v) is 79.1. The molecule has 138 heavy (non-hydrogen) atoms. The summed E-state index contributed by atoms with van der Waals surface area (Å²) in [4.78, 5) is 64.9. The van der Waals surface area contributed by atoms with Crippen LogP contribution in [0.3, 0.4) is 0 Å². The van der Waals surface area contributed by atoms with Gasteiger partial charge in [0, 0.05) is 211 Å². The van der Waals surface area contributed by atoms with Crippen molar-refractivity contribution in [2.75, 3.05) is 197 Å². The highest BCUT2D eigenvalue weighted by Crippen LogP contribution is 2.39. The molecule has 0 unspecified atom stereocenters. The fourth-order valence-corrected chi connectivity index (χ4v) is 14.0. The molecule has 0 saturated carbocycles. The van der Waals surface area contributed by atoms with Crippen LogP contribution in [0.4, 0.5) is 116 Å². The van der Waals surface area contributed by atoms with Crippen LogP contribution in [-0.2, 0) is 30.9 Å². The largest absolute Gasteiger partial charge is 0.418 e. The second-order valence-electron chi connectivity index (χ2n) is 31.3. The molecule has 5 saturated heterocycles. The average molecular weight is 2110 g/mol. The Morgan fingerprint density at radius 3 is 1.00 bits per heavy atom. The van der Waals surface area contributed by atoms with Gasteiger partial charge in [-0.1, -0.05) is 193 Å². The van der Waals surface area contributed by atoms with E-state index in [4.69, 9.17) is 119 Å². The molecule has 5 aliphatic heterocycles. The fraction of sp³-hybridized carbons (Fsp3) is 0.316. The molecular formula is C95H141Cl5F15N19O4. The number of nitrogen functional groups attached to an aromatic ring is 1. The molecular weight excluding hydrogens is 1930 g/mol. The van der Waals surface area contributed by atoms with E-state index in [2.05, 4.69) is 76.8 Å². The lowest BCUT2D eigenvalue weighted by Gasteiger charge is -2.33. The number of carbonyl (C=O) groups is 2. The Hall–Kier alpha value is -11.7. The monoisotopic (exact) mass is 2110 g/mol. The van der Waals surface area contributed by atoms with Gasteiger partial charge in [-0.2, -0.15) is 65.9 Å². The molecule has 5 aliphatic rings. The van der Waals surface area contributed by atoms with Crippen LogP contribution < -0.4 is 45.4 Å². The Bertz CT molecular complexity index is 5570. The number of rotatable bonds is 12. The van der Waals surface area contributed by atoms with Gasteiger partial charge in [-0.3, -0.25) is 10.7 Å². The lowest BCUT2D eigenvalue weighted by atomic mass is 10.0. The SMILES string of the molecule is CN1CCN(c2cc(C(F)(F)F)cc(Cl)n2)CC1.CN1CCN(c2cc(C(F)(F)F)cc(N)n2)CC1.CN1CCN(c2cc(C(F)(F)F)cc(N=C(c3ccccc3)c3ccccc3)n2)CC1.CN1CCN(c2cc(C(F)(F)F)cc(NC(=O)Oc3ccccc3)n2)CC1.CN1CCNCC1.Cl.FC(F)(F)c1cc(Cl)nc(Cl)c1.N=C(c1ccccc1)c1ccccc1.O=C(Cl)Oc1ccccc1.[2HH].[2H][2H].[2H][2H].[2H][2H].[2H][2H].[2H][2H].[2H][2H].[2H][2H].[2H][2H].[2H][2H].[2H][2H].[2H][2H].[2H][2H].[2H][2H].[2H][2H].[2H][2H].[2H][2H].[2H][2H].[2H][2H].[2H][2H]. The highest BCUT2D eigenvalue weighted by molar-refractivity contribution is 6.61. The van der Waals surface area contributed by atoms with Gasteiger partial charge in [-0.05, 0) is 131 Å². The number of likely N-dealkylation sites (N-methyl/N-ethyl adjacent to an activating group) is 5. The molecule has 0 atom stereocenters. The molecule has 0 radical (unpaired) electrons. The first-order chi connectivity index (χ1) is 83.9. The number of anilines is 6. The summed E-state index contributed by atoms with van der Waals surface area (Å²) in [5.41, 5.74) is 5.32. The Labute approximate surface area is 875 Å². The van der Waals surface area contributed by atoms with Crippen LogP contribution in [0, 0.1) is 5.41 Å². The third-order valence-electron chi connectivity index (χ3n) is 20.8. The molecule has 0 bridgehead atoms. The number of hydrogen-bond acceptors (Lipinski definition) is 22. The number of para-hydroxylation sites is 2. The van der Waals surface area contributed by atoms with E-state index in [9.17, 15) is 75.4 Å². The number of ether oxygens (including phenoxy) is 2. The molecule has 780 valence electrons. The topological polar surface area (TPSA) is 232 Å². The minimum Gasteiger partial charge on any atom is -0.415 e. The van der Waals surface area contributed by atoms with Crippen LogP contribution in [0.2, 0.25) is 15.5 Å². The molecule has 10 heterocycles. The third-order valence-corrected chi connectivity index (χ3v) is 21.5. The summed E-state index contributed by atoms with van der Waals surface area (Å²) in [6.07, 6.45) is -23.2. The van der Waals surface area contributed by atoms with E-state index >= 15 is 0 Å². The van der Waals surface area contributed by atoms with E-state index in [0.717, 1.165) is 136 Å². The van der Waals surface area contributed by atoms with Gasteiger partial charge < -0.3 is 64.6 Å². The number of hydrogen-bond donors (Lipinski definition) is 4.